The van der Waals surface area contributed by atoms with Gasteiger partial charge in [0.1, 0.15) is 23.5 Å². The quantitative estimate of drug-likeness (QED) is 0.520. The summed E-state index contributed by atoms with van der Waals surface area (Å²) < 4.78 is 10.8. The van der Waals surface area contributed by atoms with Crippen LogP contribution in [0.4, 0.5) is 5.69 Å². The fourth-order valence-corrected chi connectivity index (χ4v) is 4.47. The molecule has 1 amide bonds. The number of nitrogens with one attached hydrogen (secondary N) is 4. The molecule has 1 aromatic heterocycles. The molecule has 2 aliphatic rings. The lowest BCUT2D eigenvalue weighted by Crippen LogP contribution is -2.50. The van der Waals surface area contributed by atoms with Crippen LogP contribution < -0.4 is 25.8 Å². The molecule has 0 radical (unpaired) electrons. The maximum atomic E-state index is 12.4. The molecule has 1 fully saturated rings. The zero-order valence-electron chi connectivity index (χ0n) is 17.4. The maximum absolute atomic E-state index is 12.4. The number of amides is 1. The molecule has 4 N–H and O–H groups in total. The molecule has 0 aliphatic carbocycles. The van der Waals surface area contributed by atoms with E-state index in [0.29, 0.717) is 29.9 Å². The lowest BCUT2D eigenvalue weighted by atomic mass is 9.97. The van der Waals surface area contributed by atoms with E-state index in [1.54, 1.807) is 12.3 Å². The van der Waals surface area contributed by atoms with E-state index in [4.69, 9.17) is 19.6 Å². The van der Waals surface area contributed by atoms with Gasteiger partial charge in [-0.05, 0) is 50.2 Å². The first-order valence-corrected chi connectivity index (χ1v) is 11.2. The van der Waals surface area contributed by atoms with E-state index >= 15 is 0 Å². The number of fused-ring (bicyclic) bond motifs is 1. The van der Waals surface area contributed by atoms with Crippen molar-refractivity contribution in [3.05, 3.63) is 48.4 Å². The molecular weight excluding hydrogens is 416 g/mol. The standard InChI is InChI=1S/C21H26N6O3S/c1-3-29-15-8-6-14(7-9-15)27-19(22)18-13(2)25-26-20(18)24-21(27)31-12-17(28)23-11-16-5-4-10-30-16/h4-10,13,18,20,22,25-26H,3,11-12H2,1-2H3,(H,23,28). The molecule has 2 aromatic rings. The molecule has 3 heterocycles. The first-order chi connectivity index (χ1) is 15.1. The molecule has 31 heavy (non-hydrogen) atoms. The second-order valence-electron chi connectivity index (χ2n) is 7.25. The van der Waals surface area contributed by atoms with E-state index in [-0.39, 0.29) is 29.8 Å². The Bertz CT molecular complexity index is 947. The van der Waals surface area contributed by atoms with Gasteiger partial charge >= 0.3 is 0 Å². The van der Waals surface area contributed by atoms with Crippen LogP contribution in [0.1, 0.15) is 19.6 Å². The summed E-state index contributed by atoms with van der Waals surface area (Å²) in [5, 5.41) is 12.3. The minimum Gasteiger partial charge on any atom is -0.494 e. The fraction of sp³-hybridized carbons (Fsp3) is 0.381. The number of nitrogens with zero attached hydrogens (tertiary/aromatic N) is 2. The lowest BCUT2D eigenvalue weighted by Gasteiger charge is -2.35. The highest BCUT2D eigenvalue weighted by Crippen LogP contribution is 2.32. The molecule has 0 saturated carbocycles. The van der Waals surface area contributed by atoms with Crippen LogP contribution in [0.3, 0.4) is 0 Å². The van der Waals surface area contributed by atoms with E-state index in [1.165, 1.54) is 11.8 Å². The second-order valence-corrected chi connectivity index (χ2v) is 8.19. The second kappa shape index (κ2) is 9.54. The zero-order valence-corrected chi connectivity index (χ0v) is 18.2. The predicted molar refractivity (Wildman–Crippen MR) is 121 cm³/mol. The van der Waals surface area contributed by atoms with Gasteiger partial charge in [0.15, 0.2) is 5.17 Å². The van der Waals surface area contributed by atoms with Gasteiger partial charge in [0.05, 0.1) is 31.1 Å². The van der Waals surface area contributed by atoms with E-state index in [0.717, 1.165) is 11.4 Å². The van der Waals surface area contributed by atoms with Gasteiger partial charge in [-0.15, -0.1) is 0 Å². The number of thioether (sulfide) groups is 1. The van der Waals surface area contributed by atoms with Crippen molar-refractivity contribution in [1.29, 1.82) is 5.41 Å². The number of anilines is 1. The summed E-state index contributed by atoms with van der Waals surface area (Å²) in [7, 11) is 0. The van der Waals surface area contributed by atoms with Crippen LogP contribution >= 0.6 is 11.8 Å². The monoisotopic (exact) mass is 442 g/mol. The highest BCUT2D eigenvalue weighted by Gasteiger charge is 2.43. The van der Waals surface area contributed by atoms with Crippen molar-refractivity contribution >= 4 is 34.4 Å². The zero-order chi connectivity index (χ0) is 21.8. The van der Waals surface area contributed by atoms with Gasteiger partial charge in [-0.1, -0.05) is 11.8 Å². The summed E-state index contributed by atoms with van der Waals surface area (Å²) >= 11 is 1.31. The van der Waals surface area contributed by atoms with Crippen LogP contribution in [0, 0.1) is 11.3 Å². The number of hydrogen-bond donors (Lipinski definition) is 4. The molecule has 3 unspecified atom stereocenters. The smallest absolute Gasteiger partial charge is 0.230 e. The molecular formula is C21H26N6O3S. The topological polar surface area (TPSA) is 115 Å². The van der Waals surface area contributed by atoms with Crippen molar-refractivity contribution in [2.24, 2.45) is 10.9 Å². The number of hydrazine groups is 1. The lowest BCUT2D eigenvalue weighted by molar-refractivity contribution is -0.118. The van der Waals surface area contributed by atoms with Crippen molar-refractivity contribution in [2.75, 3.05) is 17.3 Å². The van der Waals surface area contributed by atoms with Crippen molar-refractivity contribution in [3.63, 3.8) is 0 Å². The number of carbonyl (C=O) groups is 1. The SMILES string of the molecule is CCOc1ccc(N2C(=N)C3C(C)NNC3N=C2SCC(=O)NCc2ccco2)cc1. The molecule has 1 aromatic carbocycles. The Balaban J connectivity index is 1.50. The van der Waals surface area contributed by atoms with Crippen molar-refractivity contribution in [1.82, 2.24) is 16.2 Å². The van der Waals surface area contributed by atoms with Gasteiger partial charge in [0.2, 0.25) is 5.91 Å². The molecule has 3 atom stereocenters. The van der Waals surface area contributed by atoms with Gasteiger partial charge in [-0.3, -0.25) is 20.5 Å². The number of amidine groups is 2. The minimum atomic E-state index is -0.241. The number of benzene rings is 1. The molecule has 164 valence electrons. The fourth-order valence-electron chi connectivity index (χ4n) is 3.59. The van der Waals surface area contributed by atoms with E-state index in [9.17, 15) is 4.79 Å². The average molecular weight is 443 g/mol. The molecule has 1 saturated heterocycles. The van der Waals surface area contributed by atoms with Gasteiger partial charge in [-0.2, -0.15) is 0 Å². The largest absolute Gasteiger partial charge is 0.494 e. The van der Waals surface area contributed by atoms with Crippen LogP contribution in [0.25, 0.3) is 0 Å². The molecule has 2 aliphatic heterocycles. The summed E-state index contributed by atoms with van der Waals surface area (Å²) in [5.41, 5.74) is 7.13. The first-order valence-electron chi connectivity index (χ1n) is 10.2. The van der Waals surface area contributed by atoms with E-state index in [1.807, 2.05) is 49.1 Å². The molecule has 10 heteroatoms. The summed E-state index contributed by atoms with van der Waals surface area (Å²) in [6.07, 6.45) is 1.34. The van der Waals surface area contributed by atoms with Gasteiger partial charge in [0.25, 0.3) is 0 Å². The van der Waals surface area contributed by atoms with Crippen LogP contribution in [0.15, 0.2) is 52.1 Å². The van der Waals surface area contributed by atoms with Crippen molar-refractivity contribution < 1.29 is 13.9 Å². The Hall–Kier alpha value is -2.82. The average Bonchev–Trinajstić information content (AvgIpc) is 3.42. The summed E-state index contributed by atoms with van der Waals surface area (Å²) in [6.45, 7) is 4.89. The van der Waals surface area contributed by atoms with Crippen molar-refractivity contribution in [3.8, 4) is 5.75 Å². The highest BCUT2D eigenvalue weighted by atomic mass is 32.2. The Labute approximate surface area is 185 Å². The van der Waals surface area contributed by atoms with Crippen molar-refractivity contribution in [2.45, 2.75) is 32.6 Å². The molecule has 0 bridgehead atoms. The number of aliphatic imine (C=N–C) groups is 1. The number of furan rings is 1. The van der Waals surface area contributed by atoms with Crippen LogP contribution in [-0.4, -0.2) is 41.5 Å². The van der Waals surface area contributed by atoms with Gasteiger partial charge in [-0.25, -0.2) is 10.4 Å². The van der Waals surface area contributed by atoms with Crippen LogP contribution in [0.5, 0.6) is 5.75 Å². The number of ether oxygens (including phenoxy) is 1. The maximum Gasteiger partial charge on any atom is 0.230 e. The number of hydrogen-bond acceptors (Lipinski definition) is 8. The summed E-state index contributed by atoms with van der Waals surface area (Å²) in [4.78, 5) is 19.0. The van der Waals surface area contributed by atoms with Crippen LogP contribution in [-0.2, 0) is 11.3 Å². The van der Waals surface area contributed by atoms with Gasteiger partial charge in [0, 0.05) is 11.7 Å². The third-order valence-corrected chi connectivity index (χ3v) is 6.07. The first kappa shape index (κ1) is 21.4. The number of carbonyl (C=O) groups excluding carboxylic acids is 1. The Morgan fingerprint density at radius 3 is 2.84 bits per heavy atom. The number of rotatable bonds is 7. The predicted octanol–water partition coefficient (Wildman–Crippen LogP) is 2.32. The highest BCUT2D eigenvalue weighted by molar-refractivity contribution is 8.14. The Kier molecular flexibility index (Phi) is 6.59. The third-order valence-electron chi connectivity index (χ3n) is 5.11. The molecule has 0 spiro atoms. The normalized spacial score (nSPS) is 22.8. The molecule has 4 rings (SSSR count). The molecule has 9 nitrogen and oxygen atoms in total. The summed E-state index contributed by atoms with van der Waals surface area (Å²) in [6, 6.07) is 11.2. The van der Waals surface area contributed by atoms with Crippen LogP contribution in [0.2, 0.25) is 0 Å². The van der Waals surface area contributed by atoms with Gasteiger partial charge < -0.3 is 14.5 Å². The minimum absolute atomic E-state index is 0.0644. The van der Waals surface area contributed by atoms with E-state index < -0.39 is 0 Å². The summed E-state index contributed by atoms with van der Waals surface area (Å²) in [5.74, 6) is 1.85. The van der Waals surface area contributed by atoms with E-state index in [2.05, 4.69) is 16.2 Å². The Morgan fingerprint density at radius 2 is 2.13 bits per heavy atom. The Morgan fingerprint density at radius 1 is 1.32 bits per heavy atom. The third kappa shape index (κ3) is 4.76.